The molecule has 0 fully saturated rings. The number of ether oxygens (including phenoxy) is 11. The minimum absolute atomic E-state index is 0. The summed E-state index contributed by atoms with van der Waals surface area (Å²) in [6, 6.07) is 17.2. The van der Waals surface area contributed by atoms with Crippen molar-refractivity contribution < 1.29 is 52.1 Å². The van der Waals surface area contributed by atoms with Gasteiger partial charge in [-0.1, -0.05) is 90.1 Å². The molecule has 0 N–H and O–H groups in total. The number of rotatable bonds is 34. The van der Waals surface area contributed by atoms with Gasteiger partial charge in [-0.3, -0.25) is 0 Å². The topological polar surface area (TPSA) is 102 Å². The van der Waals surface area contributed by atoms with Crippen LogP contribution in [0.1, 0.15) is 77.6 Å². The minimum atomic E-state index is -0.0358. The molecule has 56 heavy (non-hydrogen) atoms. The summed E-state index contributed by atoms with van der Waals surface area (Å²) in [5.41, 5.74) is 5.31. The quantitative estimate of drug-likeness (QED) is 0.0568. The van der Waals surface area contributed by atoms with Crippen molar-refractivity contribution in [1.82, 2.24) is 0 Å². The number of hydrogen-bond acceptors (Lipinski definition) is 11. The molecule has 0 aliphatic carbocycles. The van der Waals surface area contributed by atoms with Crippen LogP contribution in [0.15, 0.2) is 48.5 Å². The predicted molar refractivity (Wildman–Crippen MR) is 222 cm³/mol. The van der Waals surface area contributed by atoms with E-state index in [0.29, 0.717) is 132 Å². The molecule has 0 aliphatic rings. The van der Waals surface area contributed by atoms with E-state index in [2.05, 4.69) is 90.1 Å². The van der Waals surface area contributed by atoms with Crippen LogP contribution < -0.4 is 0 Å². The van der Waals surface area contributed by atoms with Crippen LogP contribution in [0.25, 0.3) is 0 Å². The molecule has 0 saturated carbocycles. The molecule has 0 amide bonds. The fourth-order valence-corrected chi connectivity index (χ4v) is 5.01. The van der Waals surface area contributed by atoms with Gasteiger partial charge in [-0.2, -0.15) is 0 Å². The summed E-state index contributed by atoms with van der Waals surface area (Å²) in [5.74, 6) is 0. The molecule has 12 heteroatoms. The Kier molecular flexibility index (Phi) is 32.0. The van der Waals surface area contributed by atoms with Gasteiger partial charge < -0.3 is 52.1 Å². The summed E-state index contributed by atoms with van der Waals surface area (Å²) < 4.78 is 62.1. The summed E-state index contributed by atoms with van der Waals surface area (Å²) in [6.45, 7) is 27.8. The van der Waals surface area contributed by atoms with E-state index in [4.69, 9.17) is 52.1 Å². The van der Waals surface area contributed by atoms with Crippen molar-refractivity contribution in [3.05, 3.63) is 70.8 Å². The molecule has 2 atom stereocenters. The molecule has 2 unspecified atom stereocenters. The Morgan fingerprint density at radius 2 is 0.607 bits per heavy atom. The van der Waals surface area contributed by atoms with Crippen molar-refractivity contribution in [3.63, 3.8) is 0 Å². The van der Waals surface area contributed by atoms with Crippen LogP contribution in [0.4, 0.5) is 0 Å². The van der Waals surface area contributed by atoms with Crippen molar-refractivity contribution in [3.8, 4) is 0 Å². The van der Waals surface area contributed by atoms with E-state index in [1.165, 1.54) is 22.3 Å². The van der Waals surface area contributed by atoms with Gasteiger partial charge >= 0.3 is 0 Å². The second-order valence-corrected chi connectivity index (χ2v) is 15.6. The normalized spacial score (nSPS) is 13.1. The standard InChI is InChI=1S/C44H74O11.K/c1-37(54-31-29-49-23-21-45-17-19-47-25-27-51-35-39-9-13-41(14-10-39)43(3,4)5)33-53-34-38(2)55-32-30-50-24-22-46-18-20-48-26-28-52-36-40-11-15-42(16-12-40)44(6,7)8;/h9-16,37-38H,17-36H2,1-8H3;. The van der Waals surface area contributed by atoms with Gasteiger partial charge in [-0.05, 0) is 46.9 Å². The maximum absolute atomic E-state index is 5.76. The van der Waals surface area contributed by atoms with Crippen LogP contribution in [-0.4, -0.2) is 183 Å². The van der Waals surface area contributed by atoms with Crippen LogP contribution in [0, 0.1) is 0 Å². The van der Waals surface area contributed by atoms with E-state index in [9.17, 15) is 0 Å². The van der Waals surface area contributed by atoms with Gasteiger partial charge in [-0.15, -0.1) is 0 Å². The molecule has 2 aromatic carbocycles. The zero-order valence-corrected chi connectivity index (χ0v) is 39.5. The molecule has 2 aromatic rings. The summed E-state index contributed by atoms with van der Waals surface area (Å²) in [5, 5.41) is 0. The van der Waals surface area contributed by atoms with Gasteiger partial charge in [0.15, 0.2) is 0 Å². The zero-order chi connectivity index (χ0) is 40.0. The zero-order valence-electron chi connectivity index (χ0n) is 36.4. The van der Waals surface area contributed by atoms with Gasteiger partial charge in [0.25, 0.3) is 0 Å². The second-order valence-electron chi connectivity index (χ2n) is 15.6. The van der Waals surface area contributed by atoms with Crippen molar-refractivity contribution in [2.75, 3.05) is 119 Å². The Bertz CT molecular complexity index is 1080. The summed E-state index contributed by atoms with van der Waals surface area (Å²) >= 11 is 0. The molecule has 0 aliphatic heterocycles. The molecule has 1 radical (unpaired) electrons. The first-order chi connectivity index (χ1) is 26.4. The van der Waals surface area contributed by atoms with Crippen molar-refractivity contribution in [1.29, 1.82) is 0 Å². The van der Waals surface area contributed by atoms with E-state index in [1.807, 2.05) is 13.8 Å². The average molecular weight is 818 g/mol. The average Bonchev–Trinajstić information content (AvgIpc) is 3.14. The Morgan fingerprint density at radius 3 is 0.875 bits per heavy atom. The first-order valence-corrected chi connectivity index (χ1v) is 20.1. The molecule has 0 spiro atoms. The predicted octanol–water partition coefficient (Wildman–Crippen LogP) is 6.56. The molecule has 0 aromatic heterocycles. The minimum Gasteiger partial charge on any atom is -0.377 e. The third-order valence-corrected chi connectivity index (χ3v) is 8.37. The fourth-order valence-electron chi connectivity index (χ4n) is 5.01. The van der Waals surface area contributed by atoms with Crippen LogP contribution in [-0.2, 0) is 76.1 Å². The van der Waals surface area contributed by atoms with Gasteiger partial charge in [0.1, 0.15) is 0 Å². The van der Waals surface area contributed by atoms with E-state index in [1.54, 1.807) is 0 Å². The second kappa shape index (κ2) is 33.4. The molecule has 0 saturated heterocycles. The Labute approximate surface area is 381 Å². The van der Waals surface area contributed by atoms with Crippen molar-refractivity contribution >= 4 is 51.4 Å². The van der Waals surface area contributed by atoms with E-state index < -0.39 is 0 Å². The van der Waals surface area contributed by atoms with Gasteiger partial charge in [0.2, 0.25) is 0 Å². The molecular formula is C44H74KO11. The molecule has 11 nitrogen and oxygen atoms in total. The third-order valence-electron chi connectivity index (χ3n) is 8.37. The van der Waals surface area contributed by atoms with Gasteiger partial charge in [0, 0.05) is 51.4 Å². The first-order valence-electron chi connectivity index (χ1n) is 20.1. The van der Waals surface area contributed by atoms with Crippen LogP contribution in [0.3, 0.4) is 0 Å². The monoisotopic (exact) mass is 817 g/mol. The third kappa shape index (κ3) is 29.0. The number of hydrogen-bond donors (Lipinski definition) is 0. The molecule has 0 heterocycles. The van der Waals surface area contributed by atoms with Crippen LogP contribution in [0.5, 0.6) is 0 Å². The Hall–Kier alpha value is -0.364. The van der Waals surface area contributed by atoms with E-state index in [-0.39, 0.29) is 74.4 Å². The van der Waals surface area contributed by atoms with Gasteiger partial charge in [0.05, 0.1) is 144 Å². The molecule has 0 bridgehead atoms. The van der Waals surface area contributed by atoms with Crippen molar-refractivity contribution in [2.45, 2.75) is 91.6 Å². The van der Waals surface area contributed by atoms with Gasteiger partial charge in [-0.25, -0.2) is 0 Å². The fraction of sp³-hybridized carbons (Fsp3) is 0.727. The Morgan fingerprint density at radius 1 is 0.357 bits per heavy atom. The van der Waals surface area contributed by atoms with Crippen LogP contribution >= 0.6 is 0 Å². The summed E-state index contributed by atoms with van der Waals surface area (Å²) in [7, 11) is 0. The summed E-state index contributed by atoms with van der Waals surface area (Å²) in [4.78, 5) is 0. The van der Waals surface area contributed by atoms with Crippen LogP contribution in [0.2, 0.25) is 0 Å². The number of benzene rings is 2. The van der Waals surface area contributed by atoms with E-state index in [0.717, 1.165) is 0 Å². The Balaban J connectivity index is 0.0000157. The maximum atomic E-state index is 5.76. The van der Waals surface area contributed by atoms with E-state index >= 15 is 0 Å². The van der Waals surface area contributed by atoms with Crippen molar-refractivity contribution in [2.24, 2.45) is 0 Å². The first kappa shape index (κ1) is 53.7. The SMILES string of the molecule is CC(COCC(C)OCCOCCOCCOCCOCc1ccc(C(C)(C)C)cc1)OCCOCCOCCOCCOCc1ccc(C(C)(C)C)cc1.[K]. The smallest absolute Gasteiger partial charge is 0.0781 e. The molecular weight excluding hydrogens is 744 g/mol. The molecule has 317 valence electrons. The summed E-state index contributed by atoms with van der Waals surface area (Å²) in [6.07, 6.45) is -0.0717. The maximum Gasteiger partial charge on any atom is 0.0781 e. The molecule has 2 rings (SSSR count). The largest absolute Gasteiger partial charge is 0.377 e.